The number of rotatable bonds is 3. The van der Waals surface area contributed by atoms with Crippen molar-refractivity contribution < 1.29 is 9.90 Å². The number of hydrogen-bond donors (Lipinski definition) is 1. The van der Waals surface area contributed by atoms with E-state index in [1.54, 1.807) is 19.3 Å². The summed E-state index contributed by atoms with van der Waals surface area (Å²) in [5, 5.41) is 8.75. The monoisotopic (exact) mass is 239 g/mol. The van der Waals surface area contributed by atoms with E-state index in [2.05, 4.69) is 4.98 Å². The molecule has 1 aromatic heterocycles. The largest absolute Gasteiger partial charge is 0.478 e. The third-order valence-corrected chi connectivity index (χ3v) is 2.67. The van der Waals surface area contributed by atoms with Gasteiger partial charge in [0.1, 0.15) is 0 Å². The Kier molecular flexibility index (Phi) is 3.53. The Labute approximate surface area is 105 Å². The van der Waals surface area contributed by atoms with Gasteiger partial charge in [0.05, 0.1) is 0 Å². The number of aromatic nitrogens is 1. The van der Waals surface area contributed by atoms with Gasteiger partial charge in [-0.15, -0.1) is 0 Å². The van der Waals surface area contributed by atoms with E-state index in [1.165, 1.54) is 6.08 Å². The van der Waals surface area contributed by atoms with Crippen molar-refractivity contribution >= 4 is 11.5 Å². The third kappa shape index (κ3) is 2.83. The minimum atomic E-state index is -0.929. The van der Waals surface area contributed by atoms with Gasteiger partial charge in [-0.1, -0.05) is 18.2 Å². The number of allylic oxidation sites excluding steroid dienone is 1. The number of nitrogens with zero attached hydrogens (tertiary/aromatic N) is 1. The molecule has 1 aromatic carbocycles. The molecule has 3 nitrogen and oxygen atoms in total. The molecule has 0 fully saturated rings. The van der Waals surface area contributed by atoms with Crippen LogP contribution >= 0.6 is 0 Å². The lowest BCUT2D eigenvalue weighted by atomic mass is 10.0. The molecule has 2 aromatic rings. The van der Waals surface area contributed by atoms with Crippen molar-refractivity contribution in [2.24, 2.45) is 0 Å². The third-order valence-electron chi connectivity index (χ3n) is 2.67. The zero-order chi connectivity index (χ0) is 13.0. The molecule has 0 aliphatic carbocycles. The van der Waals surface area contributed by atoms with Crippen LogP contribution in [0.3, 0.4) is 0 Å². The van der Waals surface area contributed by atoms with Crippen LogP contribution in [0.1, 0.15) is 12.5 Å². The lowest BCUT2D eigenvalue weighted by molar-refractivity contribution is -0.131. The molecular weight excluding hydrogens is 226 g/mol. The predicted molar refractivity (Wildman–Crippen MR) is 71.0 cm³/mol. The molecule has 2 rings (SSSR count). The first kappa shape index (κ1) is 12.0. The van der Waals surface area contributed by atoms with E-state index < -0.39 is 5.97 Å². The highest BCUT2D eigenvalue weighted by Crippen LogP contribution is 2.23. The van der Waals surface area contributed by atoms with Crippen LogP contribution in [-0.2, 0) is 4.79 Å². The number of carbonyl (C=O) groups is 1. The van der Waals surface area contributed by atoms with Crippen LogP contribution in [0, 0.1) is 0 Å². The summed E-state index contributed by atoms with van der Waals surface area (Å²) in [6.07, 6.45) is 4.69. The molecule has 0 saturated carbocycles. The highest BCUT2D eigenvalue weighted by molar-refractivity contribution is 5.89. The smallest absolute Gasteiger partial charge is 0.328 e. The Morgan fingerprint density at radius 2 is 1.89 bits per heavy atom. The first-order valence-corrected chi connectivity index (χ1v) is 5.59. The summed E-state index contributed by atoms with van der Waals surface area (Å²) in [7, 11) is 0. The lowest BCUT2D eigenvalue weighted by Gasteiger charge is -2.05. The summed E-state index contributed by atoms with van der Waals surface area (Å²) >= 11 is 0. The molecule has 0 saturated heterocycles. The van der Waals surface area contributed by atoms with E-state index in [1.807, 2.05) is 36.4 Å². The van der Waals surface area contributed by atoms with Gasteiger partial charge >= 0.3 is 5.97 Å². The summed E-state index contributed by atoms with van der Waals surface area (Å²) in [5.74, 6) is -0.929. The Morgan fingerprint density at radius 3 is 2.56 bits per heavy atom. The first-order valence-electron chi connectivity index (χ1n) is 5.59. The quantitative estimate of drug-likeness (QED) is 0.836. The van der Waals surface area contributed by atoms with Gasteiger partial charge in [-0.25, -0.2) is 4.79 Å². The second-order valence-electron chi connectivity index (χ2n) is 3.98. The Balaban J connectivity index is 2.40. The Hall–Kier alpha value is -2.42. The second-order valence-corrected chi connectivity index (χ2v) is 3.98. The van der Waals surface area contributed by atoms with Crippen LogP contribution in [0.4, 0.5) is 0 Å². The molecule has 18 heavy (non-hydrogen) atoms. The Bertz CT molecular complexity index is 588. The van der Waals surface area contributed by atoms with Crippen LogP contribution in [0.5, 0.6) is 0 Å². The van der Waals surface area contributed by atoms with Gasteiger partial charge in [0.2, 0.25) is 0 Å². The van der Waals surface area contributed by atoms with Crippen LogP contribution in [0.25, 0.3) is 16.7 Å². The predicted octanol–water partition coefficient (Wildman–Crippen LogP) is 3.24. The number of aliphatic carboxylic acids is 1. The zero-order valence-electron chi connectivity index (χ0n) is 10.00. The van der Waals surface area contributed by atoms with Crippen molar-refractivity contribution in [3.05, 3.63) is 60.4 Å². The molecule has 1 N–H and O–H groups in total. The van der Waals surface area contributed by atoms with Crippen molar-refractivity contribution in [1.29, 1.82) is 0 Å². The standard InChI is InChI=1S/C15H13NO2/c1-11(9-15(17)18)13-3-2-4-14(10-13)12-5-7-16-8-6-12/h2-10H,1H3,(H,17,18)/b11-9+. The van der Waals surface area contributed by atoms with E-state index in [4.69, 9.17) is 5.11 Å². The molecule has 0 radical (unpaired) electrons. The van der Waals surface area contributed by atoms with Gasteiger partial charge in [-0.05, 0) is 47.4 Å². The molecule has 0 atom stereocenters. The fourth-order valence-electron chi connectivity index (χ4n) is 1.76. The average molecular weight is 239 g/mol. The second kappa shape index (κ2) is 5.27. The van der Waals surface area contributed by atoms with Gasteiger partial charge in [0.25, 0.3) is 0 Å². The summed E-state index contributed by atoms with van der Waals surface area (Å²) < 4.78 is 0. The van der Waals surface area contributed by atoms with Crippen molar-refractivity contribution in [2.75, 3.05) is 0 Å². The Morgan fingerprint density at radius 1 is 1.17 bits per heavy atom. The molecule has 3 heteroatoms. The van der Waals surface area contributed by atoms with Crippen LogP contribution in [0.15, 0.2) is 54.9 Å². The van der Waals surface area contributed by atoms with Gasteiger partial charge in [-0.2, -0.15) is 0 Å². The van der Waals surface area contributed by atoms with E-state index >= 15 is 0 Å². The molecule has 90 valence electrons. The molecule has 0 spiro atoms. The molecular formula is C15H13NO2. The van der Waals surface area contributed by atoms with Crippen molar-refractivity contribution in [3.63, 3.8) is 0 Å². The van der Waals surface area contributed by atoms with Gasteiger partial charge in [0, 0.05) is 18.5 Å². The zero-order valence-corrected chi connectivity index (χ0v) is 10.00. The van der Waals surface area contributed by atoms with E-state index in [-0.39, 0.29) is 0 Å². The summed E-state index contributed by atoms with van der Waals surface area (Å²) in [6.45, 7) is 1.79. The molecule has 1 heterocycles. The highest BCUT2D eigenvalue weighted by Gasteiger charge is 2.02. The van der Waals surface area contributed by atoms with E-state index in [0.29, 0.717) is 0 Å². The van der Waals surface area contributed by atoms with Crippen LogP contribution < -0.4 is 0 Å². The average Bonchev–Trinajstić information content (AvgIpc) is 2.39. The number of pyridine rings is 1. The van der Waals surface area contributed by atoms with Crippen molar-refractivity contribution in [3.8, 4) is 11.1 Å². The molecule has 0 unspecified atom stereocenters. The van der Waals surface area contributed by atoms with Gasteiger partial charge in [0.15, 0.2) is 0 Å². The number of hydrogen-bond acceptors (Lipinski definition) is 2. The van der Waals surface area contributed by atoms with E-state index in [0.717, 1.165) is 22.3 Å². The first-order chi connectivity index (χ1) is 8.66. The normalized spacial score (nSPS) is 11.3. The lowest BCUT2D eigenvalue weighted by Crippen LogP contribution is -1.90. The molecule has 0 aliphatic rings. The van der Waals surface area contributed by atoms with Crippen molar-refractivity contribution in [1.82, 2.24) is 4.98 Å². The minimum absolute atomic E-state index is 0.735. The fraction of sp³-hybridized carbons (Fsp3) is 0.0667. The molecule has 0 amide bonds. The number of carboxylic acid groups (broad SMARTS) is 1. The van der Waals surface area contributed by atoms with E-state index in [9.17, 15) is 4.79 Å². The summed E-state index contributed by atoms with van der Waals surface area (Å²) in [5.41, 5.74) is 3.76. The minimum Gasteiger partial charge on any atom is -0.478 e. The summed E-state index contributed by atoms with van der Waals surface area (Å²) in [4.78, 5) is 14.6. The fourth-order valence-corrected chi connectivity index (χ4v) is 1.76. The topological polar surface area (TPSA) is 50.2 Å². The maximum Gasteiger partial charge on any atom is 0.328 e. The SMILES string of the molecule is C/C(=C\C(=O)O)c1cccc(-c2ccncc2)c1. The number of carboxylic acids is 1. The van der Waals surface area contributed by atoms with Crippen molar-refractivity contribution in [2.45, 2.75) is 6.92 Å². The van der Waals surface area contributed by atoms with Crippen LogP contribution in [-0.4, -0.2) is 16.1 Å². The molecule has 0 aliphatic heterocycles. The maximum absolute atomic E-state index is 10.7. The van der Waals surface area contributed by atoms with Crippen LogP contribution in [0.2, 0.25) is 0 Å². The summed E-state index contributed by atoms with van der Waals surface area (Å²) in [6, 6.07) is 11.6. The van der Waals surface area contributed by atoms with Gasteiger partial charge in [-0.3, -0.25) is 4.98 Å². The van der Waals surface area contributed by atoms with Gasteiger partial charge < -0.3 is 5.11 Å². The highest BCUT2D eigenvalue weighted by atomic mass is 16.4. The maximum atomic E-state index is 10.7. The molecule has 0 bridgehead atoms. The number of benzene rings is 1.